The molecule has 0 aromatic heterocycles. The van der Waals surface area contributed by atoms with Crippen molar-refractivity contribution in [3.8, 4) is 0 Å². The molecule has 0 saturated carbocycles. The largest absolute Gasteiger partial charge is 0.349 e. The summed E-state index contributed by atoms with van der Waals surface area (Å²) in [7, 11) is -4.05. The third-order valence-corrected chi connectivity index (χ3v) is 9.33. The van der Waals surface area contributed by atoms with Crippen LogP contribution in [0.5, 0.6) is 0 Å². The van der Waals surface area contributed by atoms with Crippen molar-refractivity contribution in [1.82, 2.24) is 25.6 Å². The van der Waals surface area contributed by atoms with E-state index in [0.29, 0.717) is 18.7 Å². The monoisotopic (exact) mass is 591 g/mol. The fourth-order valence-electron chi connectivity index (χ4n) is 5.39. The van der Waals surface area contributed by atoms with Crippen LogP contribution in [0.15, 0.2) is 47.4 Å². The molecule has 0 aliphatic carbocycles. The number of aryl methyl sites for hydroxylation is 1. The normalized spacial score (nSPS) is 22.8. The van der Waals surface area contributed by atoms with Gasteiger partial charge >= 0.3 is 0 Å². The molecule has 2 aromatic carbocycles. The summed E-state index contributed by atoms with van der Waals surface area (Å²) in [6.07, 6.45) is 2.43. The lowest BCUT2D eigenvalue weighted by atomic mass is 10.0. The molecule has 41 heavy (non-hydrogen) atoms. The molecule has 2 aliphatic rings. The van der Waals surface area contributed by atoms with Crippen LogP contribution in [-0.4, -0.2) is 62.5 Å². The first kappa shape index (κ1) is 31.0. The van der Waals surface area contributed by atoms with Gasteiger partial charge in [0.1, 0.15) is 17.7 Å². The van der Waals surface area contributed by atoms with E-state index in [-0.39, 0.29) is 29.7 Å². The highest BCUT2D eigenvalue weighted by atomic mass is 32.2. The molecule has 2 aliphatic heterocycles. The number of amides is 2. The molecule has 5 atom stereocenters. The first-order valence-electron chi connectivity index (χ1n) is 14.1. The molecule has 0 bridgehead atoms. The van der Waals surface area contributed by atoms with Crippen LogP contribution in [-0.2, 0) is 19.6 Å². The molecule has 2 fully saturated rings. The molecule has 2 heterocycles. The second-order valence-electron chi connectivity index (χ2n) is 11.0. The van der Waals surface area contributed by atoms with E-state index in [9.17, 15) is 26.8 Å². The van der Waals surface area contributed by atoms with Gasteiger partial charge < -0.3 is 10.2 Å². The number of hydrogen-bond acceptors (Lipinski definition) is 6. The van der Waals surface area contributed by atoms with E-state index in [1.807, 2.05) is 13.8 Å². The maximum Gasteiger partial charge on any atom is 0.241 e. The topological polar surface area (TPSA) is 120 Å². The van der Waals surface area contributed by atoms with Crippen LogP contribution in [0.4, 0.5) is 8.78 Å². The number of hydrogen-bond donors (Lipinski definition) is 4. The van der Waals surface area contributed by atoms with Gasteiger partial charge in [-0.3, -0.25) is 20.2 Å². The Morgan fingerprint density at radius 1 is 1.12 bits per heavy atom. The number of nitrogens with one attached hydrogen (secondary N) is 4. The minimum atomic E-state index is -4.05. The molecule has 2 aromatic rings. The number of rotatable bonds is 10. The van der Waals surface area contributed by atoms with Gasteiger partial charge in [-0.1, -0.05) is 23.8 Å². The van der Waals surface area contributed by atoms with Crippen LogP contribution < -0.4 is 20.7 Å². The minimum absolute atomic E-state index is 0.0130. The maximum absolute atomic E-state index is 14.3. The van der Waals surface area contributed by atoms with Crippen LogP contribution in [0.3, 0.4) is 0 Å². The number of nitrogens with zero attached hydrogens (tertiary/aromatic N) is 1. The molecule has 4 rings (SSSR count). The Hall–Kier alpha value is -2.93. The molecule has 12 heteroatoms. The van der Waals surface area contributed by atoms with Gasteiger partial charge in [0.15, 0.2) is 0 Å². The second-order valence-corrected chi connectivity index (χ2v) is 12.7. The Bertz CT molecular complexity index is 1340. The molecule has 224 valence electrons. The van der Waals surface area contributed by atoms with Crippen molar-refractivity contribution in [3.05, 3.63) is 65.2 Å². The highest BCUT2D eigenvalue weighted by Crippen LogP contribution is 2.22. The molecule has 0 spiro atoms. The number of piperidine rings is 1. The van der Waals surface area contributed by atoms with E-state index >= 15 is 0 Å². The number of benzene rings is 2. The quantitative estimate of drug-likeness (QED) is 0.338. The SMILES string of the molecule is Cc1ccc(S(=O)(=O)N[C@@H](CCC(=O)N2CCCC[C@@H]2C)C(=O)N[C@@H](C)C2NCC(c3ccc(F)cc3F)N2)cc1. The predicted molar refractivity (Wildman–Crippen MR) is 151 cm³/mol. The molecular weight excluding hydrogens is 552 g/mol. The van der Waals surface area contributed by atoms with Gasteiger partial charge in [-0.05, 0) is 64.7 Å². The molecule has 4 N–H and O–H groups in total. The summed E-state index contributed by atoms with van der Waals surface area (Å²) >= 11 is 0. The average molecular weight is 592 g/mol. The molecule has 9 nitrogen and oxygen atoms in total. The minimum Gasteiger partial charge on any atom is -0.349 e. The summed E-state index contributed by atoms with van der Waals surface area (Å²) in [4.78, 5) is 28.3. The number of carbonyl (C=O) groups excluding carboxylic acids is 2. The molecular formula is C29H39F2N5O4S. The van der Waals surface area contributed by atoms with Gasteiger partial charge in [-0.2, -0.15) is 4.72 Å². The molecule has 0 radical (unpaired) electrons. The van der Waals surface area contributed by atoms with Crippen molar-refractivity contribution in [2.75, 3.05) is 13.1 Å². The molecule has 2 unspecified atom stereocenters. The third kappa shape index (κ3) is 7.88. The maximum atomic E-state index is 14.3. The van der Waals surface area contributed by atoms with Crippen LogP contribution in [0.25, 0.3) is 0 Å². The van der Waals surface area contributed by atoms with Gasteiger partial charge in [0.2, 0.25) is 21.8 Å². The van der Waals surface area contributed by atoms with Gasteiger partial charge in [-0.15, -0.1) is 0 Å². The summed E-state index contributed by atoms with van der Waals surface area (Å²) in [5, 5.41) is 9.23. The zero-order valence-electron chi connectivity index (χ0n) is 23.6. The van der Waals surface area contributed by atoms with Crippen molar-refractivity contribution in [2.45, 2.75) is 88.1 Å². The van der Waals surface area contributed by atoms with Crippen molar-refractivity contribution >= 4 is 21.8 Å². The number of sulfonamides is 1. The van der Waals surface area contributed by atoms with Crippen LogP contribution >= 0.6 is 0 Å². The van der Waals surface area contributed by atoms with E-state index in [1.165, 1.54) is 24.3 Å². The van der Waals surface area contributed by atoms with Gasteiger partial charge in [0, 0.05) is 43.2 Å². The van der Waals surface area contributed by atoms with Crippen LogP contribution in [0.1, 0.15) is 63.1 Å². The predicted octanol–water partition coefficient (Wildman–Crippen LogP) is 2.87. The number of carbonyl (C=O) groups is 2. The summed E-state index contributed by atoms with van der Waals surface area (Å²) < 4.78 is 56.5. The molecule has 2 amide bonds. The van der Waals surface area contributed by atoms with Gasteiger partial charge in [0.25, 0.3) is 0 Å². The smallest absolute Gasteiger partial charge is 0.241 e. The second kappa shape index (κ2) is 13.4. The lowest BCUT2D eigenvalue weighted by Gasteiger charge is -2.34. The first-order chi connectivity index (χ1) is 19.4. The lowest BCUT2D eigenvalue weighted by Crippen LogP contribution is -2.55. The fraction of sp³-hybridized carbons (Fsp3) is 0.517. The number of likely N-dealkylation sites (tertiary alicyclic amines) is 1. The van der Waals surface area contributed by atoms with E-state index in [0.717, 1.165) is 30.9 Å². The summed E-state index contributed by atoms with van der Waals surface area (Å²) in [5.41, 5.74) is 1.19. The van der Waals surface area contributed by atoms with Crippen LogP contribution in [0, 0.1) is 18.6 Å². The van der Waals surface area contributed by atoms with E-state index in [4.69, 9.17) is 0 Å². The van der Waals surface area contributed by atoms with Gasteiger partial charge in [0.05, 0.1) is 17.1 Å². The molecule has 2 saturated heterocycles. The first-order valence-corrected chi connectivity index (χ1v) is 15.6. The lowest BCUT2D eigenvalue weighted by molar-refractivity contribution is -0.134. The van der Waals surface area contributed by atoms with Crippen molar-refractivity contribution < 1.29 is 26.8 Å². The summed E-state index contributed by atoms with van der Waals surface area (Å²) in [5.74, 6) is -2.02. The van der Waals surface area contributed by atoms with Crippen molar-refractivity contribution in [2.24, 2.45) is 0 Å². The summed E-state index contributed by atoms with van der Waals surface area (Å²) in [6.45, 7) is 6.57. The van der Waals surface area contributed by atoms with E-state index in [2.05, 4.69) is 20.7 Å². The van der Waals surface area contributed by atoms with E-state index in [1.54, 1.807) is 24.0 Å². The zero-order chi connectivity index (χ0) is 29.7. The number of halogens is 2. The van der Waals surface area contributed by atoms with Crippen molar-refractivity contribution in [3.63, 3.8) is 0 Å². The Labute approximate surface area is 240 Å². The standard InChI is InChI=1S/C29H39F2N5O4S/c1-18-7-10-22(11-8-18)41(39,40)35-25(13-14-27(37)36-15-5-4-6-19(36)2)29(38)33-20(3)28-32-17-26(34-28)23-12-9-21(30)16-24(23)31/h7-12,16,19-20,25-26,28,32,34-35H,4-6,13-15,17H2,1-3H3,(H,33,38)/t19-,20-,25-,26?,28?/m0/s1. The highest BCUT2D eigenvalue weighted by Gasteiger charge is 2.34. The van der Waals surface area contributed by atoms with E-state index < -0.39 is 51.9 Å². The Morgan fingerprint density at radius 2 is 1.85 bits per heavy atom. The average Bonchev–Trinajstić information content (AvgIpc) is 3.41. The van der Waals surface area contributed by atoms with Gasteiger partial charge in [-0.25, -0.2) is 17.2 Å². The zero-order valence-corrected chi connectivity index (χ0v) is 24.4. The summed E-state index contributed by atoms with van der Waals surface area (Å²) in [6, 6.07) is 7.61. The van der Waals surface area contributed by atoms with Crippen LogP contribution in [0.2, 0.25) is 0 Å². The Kier molecular flexibility index (Phi) is 10.1. The third-order valence-electron chi connectivity index (χ3n) is 7.85. The Balaban J connectivity index is 1.44. The highest BCUT2D eigenvalue weighted by molar-refractivity contribution is 7.89. The fourth-order valence-corrected chi connectivity index (χ4v) is 6.62. The Morgan fingerprint density at radius 3 is 2.54 bits per heavy atom. The van der Waals surface area contributed by atoms with Crippen molar-refractivity contribution in [1.29, 1.82) is 0 Å².